The molecule has 0 amide bonds. The topological polar surface area (TPSA) is 102 Å². The van der Waals surface area contributed by atoms with E-state index in [9.17, 15) is 4.79 Å². The van der Waals surface area contributed by atoms with Gasteiger partial charge >= 0.3 is 0 Å². The van der Waals surface area contributed by atoms with E-state index < -0.39 is 6.04 Å². The van der Waals surface area contributed by atoms with Crippen LogP contribution in [0.4, 0.5) is 5.88 Å². The monoisotopic (exact) mass is 234 g/mol. The Morgan fingerprint density at radius 2 is 2.06 bits per heavy atom. The summed E-state index contributed by atoms with van der Waals surface area (Å²) < 4.78 is 5.36. The van der Waals surface area contributed by atoms with Crippen LogP contribution in [0.2, 0.25) is 0 Å². The number of benzene rings is 1. The molecule has 5 nitrogen and oxygen atoms in total. The van der Waals surface area contributed by atoms with Gasteiger partial charge < -0.3 is 21.0 Å². The van der Waals surface area contributed by atoms with E-state index in [0.29, 0.717) is 16.5 Å². The second-order valence-corrected chi connectivity index (χ2v) is 3.92. The average molecular weight is 234 g/mol. The SMILES string of the molecule is Nc1oc2ccccc2c(=O)c1CC(N)CO. The van der Waals surface area contributed by atoms with Crippen LogP contribution in [0.1, 0.15) is 5.56 Å². The summed E-state index contributed by atoms with van der Waals surface area (Å²) in [6.07, 6.45) is 0.204. The molecule has 90 valence electrons. The zero-order chi connectivity index (χ0) is 12.4. The van der Waals surface area contributed by atoms with Gasteiger partial charge in [0.05, 0.1) is 17.6 Å². The Balaban J connectivity index is 2.60. The Morgan fingerprint density at radius 3 is 2.76 bits per heavy atom. The Hall–Kier alpha value is -1.85. The number of fused-ring (bicyclic) bond motifs is 1. The van der Waals surface area contributed by atoms with Gasteiger partial charge in [-0.2, -0.15) is 0 Å². The Morgan fingerprint density at radius 1 is 1.35 bits per heavy atom. The summed E-state index contributed by atoms with van der Waals surface area (Å²) in [6.45, 7) is -0.203. The van der Waals surface area contributed by atoms with Crippen molar-refractivity contribution in [2.45, 2.75) is 12.5 Å². The normalized spacial score (nSPS) is 12.8. The fourth-order valence-electron chi connectivity index (χ4n) is 1.72. The van der Waals surface area contributed by atoms with Crippen LogP contribution in [0, 0.1) is 0 Å². The molecule has 0 bridgehead atoms. The number of aliphatic hydroxyl groups excluding tert-OH is 1. The lowest BCUT2D eigenvalue weighted by Gasteiger charge is -2.09. The number of para-hydroxylation sites is 1. The maximum atomic E-state index is 12.1. The Kier molecular flexibility index (Phi) is 3.12. The molecule has 0 saturated carbocycles. The van der Waals surface area contributed by atoms with E-state index in [-0.39, 0.29) is 24.3 Å². The third-order valence-electron chi connectivity index (χ3n) is 2.62. The molecule has 0 saturated heterocycles. The number of hydrogen-bond acceptors (Lipinski definition) is 5. The van der Waals surface area contributed by atoms with Crippen molar-refractivity contribution in [1.82, 2.24) is 0 Å². The largest absolute Gasteiger partial charge is 0.440 e. The van der Waals surface area contributed by atoms with Gasteiger partial charge in [0.2, 0.25) is 0 Å². The predicted octanol–water partition coefficient (Wildman–Crippen LogP) is 0.237. The van der Waals surface area contributed by atoms with Gasteiger partial charge in [0.15, 0.2) is 11.3 Å². The van der Waals surface area contributed by atoms with Crippen LogP contribution in [0.3, 0.4) is 0 Å². The Bertz CT molecular complexity index is 592. The summed E-state index contributed by atoms with van der Waals surface area (Å²) in [5, 5.41) is 9.37. The van der Waals surface area contributed by atoms with Gasteiger partial charge in [0.25, 0.3) is 0 Å². The van der Waals surface area contributed by atoms with Crippen molar-refractivity contribution in [2.75, 3.05) is 12.3 Å². The van der Waals surface area contributed by atoms with Crippen molar-refractivity contribution < 1.29 is 9.52 Å². The first-order valence-electron chi connectivity index (χ1n) is 5.30. The third kappa shape index (κ3) is 2.15. The summed E-state index contributed by atoms with van der Waals surface area (Å²) in [5.41, 5.74) is 11.9. The molecule has 2 rings (SSSR count). The minimum atomic E-state index is -0.513. The standard InChI is InChI=1S/C12H14N2O3/c13-7(6-15)5-9-11(16)8-3-1-2-4-10(8)17-12(9)14/h1-4,7,15H,5-6,13-14H2. The highest BCUT2D eigenvalue weighted by Crippen LogP contribution is 2.17. The molecule has 5 N–H and O–H groups in total. The lowest BCUT2D eigenvalue weighted by Crippen LogP contribution is -2.30. The van der Waals surface area contributed by atoms with Crippen LogP contribution in [0.5, 0.6) is 0 Å². The van der Waals surface area contributed by atoms with Gasteiger partial charge in [-0.15, -0.1) is 0 Å². The van der Waals surface area contributed by atoms with Gasteiger partial charge in [-0.05, 0) is 18.6 Å². The molecule has 1 unspecified atom stereocenters. The molecule has 1 atom stereocenters. The van der Waals surface area contributed by atoms with Crippen molar-refractivity contribution in [3.63, 3.8) is 0 Å². The number of rotatable bonds is 3. The number of hydrogen-bond donors (Lipinski definition) is 3. The molecule has 5 heteroatoms. The van der Waals surface area contributed by atoms with Crippen LogP contribution in [0.15, 0.2) is 33.5 Å². The highest BCUT2D eigenvalue weighted by molar-refractivity contribution is 5.78. The molecule has 1 aromatic carbocycles. The lowest BCUT2D eigenvalue weighted by molar-refractivity contribution is 0.265. The van der Waals surface area contributed by atoms with Gasteiger partial charge in [-0.25, -0.2) is 0 Å². The number of aliphatic hydroxyl groups is 1. The van der Waals surface area contributed by atoms with E-state index in [0.717, 1.165) is 0 Å². The Labute approximate surface area is 97.6 Å². The third-order valence-corrected chi connectivity index (χ3v) is 2.62. The fourth-order valence-corrected chi connectivity index (χ4v) is 1.72. The summed E-state index contributed by atoms with van der Waals surface area (Å²) >= 11 is 0. The molecule has 1 heterocycles. The van der Waals surface area contributed by atoms with Gasteiger partial charge in [0.1, 0.15) is 5.58 Å². The number of nitrogens with two attached hydrogens (primary N) is 2. The van der Waals surface area contributed by atoms with Gasteiger partial charge in [-0.1, -0.05) is 12.1 Å². The van der Waals surface area contributed by atoms with E-state index in [1.54, 1.807) is 24.3 Å². The molecular weight excluding hydrogens is 220 g/mol. The van der Waals surface area contributed by atoms with Crippen LogP contribution < -0.4 is 16.9 Å². The first-order valence-corrected chi connectivity index (χ1v) is 5.30. The molecular formula is C12H14N2O3. The van der Waals surface area contributed by atoms with Gasteiger partial charge in [0, 0.05) is 6.04 Å². The first kappa shape index (κ1) is 11.6. The molecule has 2 aromatic rings. The van der Waals surface area contributed by atoms with Crippen molar-refractivity contribution in [3.8, 4) is 0 Å². The zero-order valence-corrected chi connectivity index (χ0v) is 9.22. The van der Waals surface area contributed by atoms with Crippen molar-refractivity contribution >= 4 is 16.9 Å². The molecule has 1 aromatic heterocycles. The van der Waals surface area contributed by atoms with Crippen LogP contribution >= 0.6 is 0 Å². The van der Waals surface area contributed by atoms with Gasteiger partial charge in [-0.3, -0.25) is 4.79 Å². The summed E-state index contributed by atoms with van der Waals surface area (Å²) in [5.74, 6) is 0.0672. The van der Waals surface area contributed by atoms with Crippen LogP contribution in [-0.4, -0.2) is 17.8 Å². The molecule has 0 aliphatic rings. The number of anilines is 1. The second-order valence-electron chi connectivity index (χ2n) is 3.92. The minimum absolute atomic E-state index is 0.0672. The van der Waals surface area contributed by atoms with E-state index in [1.807, 2.05) is 0 Å². The van der Waals surface area contributed by atoms with Crippen molar-refractivity contribution in [3.05, 3.63) is 40.1 Å². The van der Waals surface area contributed by atoms with Crippen LogP contribution in [-0.2, 0) is 6.42 Å². The smallest absolute Gasteiger partial charge is 0.198 e. The predicted molar refractivity (Wildman–Crippen MR) is 65.7 cm³/mol. The maximum absolute atomic E-state index is 12.1. The van der Waals surface area contributed by atoms with E-state index in [4.69, 9.17) is 21.0 Å². The number of nitrogen functional groups attached to an aromatic ring is 1. The molecule has 0 spiro atoms. The highest BCUT2D eigenvalue weighted by atomic mass is 16.3. The summed E-state index contributed by atoms with van der Waals surface area (Å²) in [7, 11) is 0. The summed E-state index contributed by atoms with van der Waals surface area (Å²) in [4.78, 5) is 12.1. The average Bonchev–Trinajstić information content (AvgIpc) is 2.34. The minimum Gasteiger partial charge on any atom is -0.440 e. The van der Waals surface area contributed by atoms with E-state index >= 15 is 0 Å². The molecule has 0 radical (unpaired) electrons. The van der Waals surface area contributed by atoms with Crippen LogP contribution in [0.25, 0.3) is 11.0 Å². The first-order chi connectivity index (χ1) is 8.13. The summed E-state index contributed by atoms with van der Waals surface area (Å²) in [6, 6.07) is 6.37. The molecule has 0 fully saturated rings. The lowest BCUT2D eigenvalue weighted by atomic mass is 10.1. The quantitative estimate of drug-likeness (QED) is 0.705. The highest BCUT2D eigenvalue weighted by Gasteiger charge is 2.14. The van der Waals surface area contributed by atoms with E-state index in [2.05, 4.69) is 0 Å². The maximum Gasteiger partial charge on any atom is 0.198 e. The van der Waals surface area contributed by atoms with Crippen molar-refractivity contribution in [2.24, 2.45) is 5.73 Å². The van der Waals surface area contributed by atoms with Crippen molar-refractivity contribution in [1.29, 1.82) is 0 Å². The zero-order valence-electron chi connectivity index (χ0n) is 9.22. The van der Waals surface area contributed by atoms with E-state index in [1.165, 1.54) is 0 Å². The second kappa shape index (κ2) is 4.57. The molecule has 17 heavy (non-hydrogen) atoms. The molecule has 0 aliphatic carbocycles. The molecule has 0 aliphatic heterocycles. The fraction of sp³-hybridized carbons (Fsp3) is 0.250.